The normalized spacial score (nSPS) is 12.4. The zero-order chi connectivity index (χ0) is 44.4. The van der Waals surface area contributed by atoms with Crippen molar-refractivity contribution in [2.45, 2.75) is 79.1 Å². The van der Waals surface area contributed by atoms with Gasteiger partial charge in [0.15, 0.2) is 0 Å². The summed E-state index contributed by atoms with van der Waals surface area (Å²) in [5, 5.41) is 10.3. The van der Waals surface area contributed by atoms with Crippen molar-refractivity contribution in [1.29, 1.82) is 0 Å². The Labute approximate surface area is 401 Å². The summed E-state index contributed by atoms with van der Waals surface area (Å²) in [5.74, 6) is 1.71. The van der Waals surface area contributed by atoms with E-state index in [9.17, 15) is 0 Å². The maximum atomic E-state index is 3.89. The van der Waals surface area contributed by atoms with Crippen LogP contribution in [0.4, 0.5) is 0 Å². The van der Waals surface area contributed by atoms with Gasteiger partial charge in [-0.3, -0.25) is 9.13 Å². The van der Waals surface area contributed by atoms with E-state index < -0.39 is 0 Å². The third kappa shape index (κ3) is 6.05. The molecule has 0 aliphatic rings. The Kier molecular flexibility index (Phi) is 10.2. The molecule has 13 aromatic rings. The van der Waals surface area contributed by atoms with Gasteiger partial charge < -0.3 is 8.80 Å². The topological polar surface area (TPSA) is 17.6 Å². The van der Waals surface area contributed by atoms with Crippen molar-refractivity contribution in [3.05, 3.63) is 186 Å². The number of rotatable bonds is 6. The summed E-state index contributed by atoms with van der Waals surface area (Å²) in [4.78, 5) is 0. The van der Waals surface area contributed by atoms with Crippen LogP contribution in [-0.4, -0.2) is 13.4 Å². The van der Waals surface area contributed by atoms with Crippen molar-refractivity contribution < 1.29 is 26.9 Å². The largest absolute Gasteiger partial charge is 0.358 e. The van der Waals surface area contributed by atoms with Gasteiger partial charge in [0, 0.05) is 49.6 Å². The van der Waals surface area contributed by atoms with Crippen LogP contribution in [0.1, 0.15) is 101 Å². The number of para-hydroxylation sites is 8. The summed E-state index contributed by atoms with van der Waals surface area (Å²) in [6.07, 6.45) is 3.84. The van der Waals surface area contributed by atoms with Gasteiger partial charge in [0.25, 0.3) is 6.33 Å². The second-order valence-corrected chi connectivity index (χ2v) is 19.3. The van der Waals surface area contributed by atoms with Gasteiger partial charge in [0.1, 0.15) is 0 Å². The molecule has 5 heterocycles. The average Bonchev–Trinajstić information content (AvgIpc) is 4.12. The Hall–Kier alpha value is -6.43. The molecule has 0 saturated heterocycles. The molecule has 1 radical (unpaired) electrons. The molecular formula is C61H53AgN4-. The number of benzene rings is 8. The Balaban J connectivity index is 0.000000144. The van der Waals surface area contributed by atoms with Gasteiger partial charge in [-0.1, -0.05) is 200 Å². The first-order valence-corrected chi connectivity index (χ1v) is 23.5. The molecule has 0 amide bonds. The van der Waals surface area contributed by atoms with Gasteiger partial charge in [-0.15, -0.1) is 17.5 Å². The summed E-state index contributed by atoms with van der Waals surface area (Å²) in [7, 11) is 0. The zero-order valence-electron chi connectivity index (χ0n) is 38.8. The molecular weight excluding hydrogens is 897 g/mol. The van der Waals surface area contributed by atoms with Crippen molar-refractivity contribution >= 4 is 87.2 Å². The molecule has 0 aliphatic carbocycles. The van der Waals surface area contributed by atoms with Crippen molar-refractivity contribution in [1.82, 2.24) is 13.4 Å². The summed E-state index contributed by atoms with van der Waals surface area (Å²) in [6.45, 7) is 18.3. The molecule has 0 saturated carbocycles. The fraction of sp³-hybridized carbons (Fsp3) is 0.197. The first-order valence-electron chi connectivity index (χ1n) is 23.5. The molecule has 0 unspecified atom stereocenters. The Bertz CT molecular complexity index is 3660. The molecule has 0 fully saturated rings. The van der Waals surface area contributed by atoms with Crippen LogP contribution in [0.3, 0.4) is 0 Å². The Morgan fingerprint density at radius 1 is 0.409 bits per heavy atom. The first kappa shape index (κ1) is 42.2. The number of hydrogen-bond acceptors (Lipinski definition) is 0. The zero-order valence-corrected chi connectivity index (χ0v) is 40.3. The molecule has 4 nitrogen and oxygen atoms in total. The SMILES string of the molecule is CC(C)c1cccc(C(C)C)c1-n1[c-][n+](-c2c(C(C)C)cccc2C(C)C)c2ccccc21.[Ag].[c-]1c2c3cccc4c5ccccc5n(c2cc2c5cccc6c7ccccc7n(c12)c56)c34. The quantitative estimate of drug-likeness (QED) is 0.0898. The van der Waals surface area contributed by atoms with Gasteiger partial charge >= 0.3 is 0 Å². The molecule has 0 bridgehead atoms. The summed E-state index contributed by atoms with van der Waals surface area (Å²) in [5.41, 5.74) is 18.0. The van der Waals surface area contributed by atoms with E-state index in [1.807, 2.05) is 0 Å². The summed E-state index contributed by atoms with van der Waals surface area (Å²) < 4.78 is 9.50. The second-order valence-electron chi connectivity index (χ2n) is 19.3. The van der Waals surface area contributed by atoms with Crippen LogP contribution in [0.25, 0.3) is 98.6 Å². The summed E-state index contributed by atoms with van der Waals surface area (Å²) in [6, 6.07) is 59.4. The van der Waals surface area contributed by atoms with Gasteiger partial charge in [-0.2, -0.15) is 0 Å². The third-order valence-corrected chi connectivity index (χ3v) is 14.1. The van der Waals surface area contributed by atoms with Crippen molar-refractivity contribution in [3.8, 4) is 11.4 Å². The van der Waals surface area contributed by atoms with Gasteiger partial charge in [0.2, 0.25) is 0 Å². The van der Waals surface area contributed by atoms with Crippen LogP contribution in [0.2, 0.25) is 0 Å². The van der Waals surface area contributed by atoms with Crippen molar-refractivity contribution in [2.75, 3.05) is 0 Å². The van der Waals surface area contributed by atoms with E-state index in [4.69, 9.17) is 0 Å². The predicted molar refractivity (Wildman–Crippen MR) is 275 cm³/mol. The number of hydrogen-bond donors (Lipinski definition) is 0. The molecule has 0 aliphatic heterocycles. The van der Waals surface area contributed by atoms with E-state index >= 15 is 0 Å². The molecule has 8 aromatic carbocycles. The van der Waals surface area contributed by atoms with Crippen molar-refractivity contribution in [3.63, 3.8) is 0 Å². The first-order chi connectivity index (χ1) is 31.6. The second kappa shape index (κ2) is 15.9. The van der Waals surface area contributed by atoms with E-state index in [0.717, 1.165) is 0 Å². The van der Waals surface area contributed by atoms with E-state index in [-0.39, 0.29) is 22.4 Å². The average molecular weight is 950 g/mol. The molecule has 5 heteroatoms. The van der Waals surface area contributed by atoms with Crippen LogP contribution in [-0.2, 0) is 22.4 Å². The van der Waals surface area contributed by atoms with Crippen LogP contribution in [0.5, 0.6) is 0 Å². The predicted octanol–water partition coefficient (Wildman–Crippen LogP) is 16.0. The summed E-state index contributed by atoms with van der Waals surface area (Å²) >= 11 is 0. The maximum Gasteiger partial charge on any atom is 0.269 e. The number of fused-ring (bicyclic) bond motifs is 13. The molecule has 13 rings (SSSR count). The van der Waals surface area contributed by atoms with Crippen molar-refractivity contribution in [2.24, 2.45) is 0 Å². The van der Waals surface area contributed by atoms with E-state index in [0.29, 0.717) is 23.7 Å². The minimum Gasteiger partial charge on any atom is -0.358 e. The monoisotopic (exact) mass is 948 g/mol. The van der Waals surface area contributed by atoms with Crippen LogP contribution in [0, 0.1) is 12.4 Å². The van der Waals surface area contributed by atoms with E-state index in [1.54, 1.807) is 0 Å². The van der Waals surface area contributed by atoms with E-state index in [1.165, 1.54) is 121 Å². The molecule has 0 spiro atoms. The molecule has 0 atom stereocenters. The van der Waals surface area contributed by atoms with Gasteiger partial charge in [-0.25, -0.2) is 0 Å². The fourth-order valence-corrected chi connectivity index (χ4v) is 11.2. The Morgan fingerprint density at radius 3 is 1.42 bits per heavy atom. The minimum absolute atomic E-state index is 0. The fourth-order valence-electron chi connectivity index (χ4n) is 11.2. The van der Waals surface area contributed by atoms with Crippen LogP contribution < -0.4 is 4.57 Å². The Morgan fingerprint density at radius 2 is 0.848 bits per heavy atom. The van der Waals surface area contributed by atoms with Gasteiger partial charge in [-0.05, 0) is 79.9 Å². The number of nitrogens with zero attached hydrogens (tertiary/aromatic N) is 4. The molecule has 5 aromatic heterocycles. The van der Waals surface area contributed by atoms with E-state index in [2.05, 4.69) is 237 Å². The number of imidazole rings is 1. The van der Waals surface area contributed by atoms with Gasteiger partial charge in [0.05, 0.1) is 33.4 Å². The maximum absolute atomic E-state index is 3.89. The number of aromatic nitrogens is 4. The standard InChI is InChI=1S/C31H38N2.C30H15N2.Ag/c1-20(2)24-13-11-14-25(21(3)4)30(24)32-19-33(29-18-10-9-17-28(29)32)31-26(22(5)6)15-12-16-27(31)23(7)8;1-3-13-25-17(7-1)19-9-5-11-21-23-16-28-24(15-27(23)31(25)29(19)21)22-12-6-10-20-18-8-2-4-14-26(18)32(28)30(20)22;/h9-18,20-23H,1-8H3;1-15H;/q;-1;. The minimum atomic E-state index is 0. The molecule has 329 valence electrons. The van der Waals surface area contributed by atoms with Crippen LogP contribution >= 0.6 is 0 Å². The third-order valence-electron chi connectivity index (χ3n) is 14.1. The smallest absolute Gasteiger partial charge is 0.269 e. The van der Waals surface area contributed by atoms with Crippen LogP contribution in [0.15, 0.2) is 152 Å². The molecule has 66 heavy (non-hydrogen) atoms. The molecule has 0 N–H and O–H groups in total.